The molecule has 0 saturated heterocycles. The highest BCUT2D eigenvalue weighted by Crippen LogP contribution is 2.32. The van der Waals surface area contributed by atoms with Crippen LogP contribution in [0.5, 0.6) is 11.5 Å². The van der Waals surface area contributed by atoms with Crippen molar-refractivity contribution in [2.45, 2.75) is 13.0 Å². The minimum atomic E-state index is -0.269. The third kappa shape index (κ3) is 3.33. The van der Waals surface area contributed by atoms with Gasteiger partial charge in [0.2, 0.25) is 0 Å². The Balaban J connectivity index is 2.37. The molecular formula is C15H15BrFNO. The molecule has 0 aliphatic heterocycles. The summed E-state index contributed by atoms with van der Waals surface area (Å²) in [6.45, 7) is 1.90. The summed E-state index contributed by atoms with van der Waals surface area (Å²) in [6.07, 6.45) is 0. The van der Waals surface area contributed by atoms with Crippen LogP contribution < -0.4 is 10.1 Å². The van der Waals surface area contributed by atoms with Gasteiger partial charge in [0.25, 0.3) is 0 Å². The second-order valence-corrected chi connectivity index (χ2v) is 5.14. The second-order valence-electron chi connectivity index (χ2n) is 4.22. The lowest BCUT2D eigenvalue weighted by molar-refractivity contribution is 0.452. The maximum Gasteiger partial charge on any atom is 0.135 e. The largest absolute Gasteiger partial charge is 0.457 e. The molecule has 19 heavy (non-hydrogen) atoms. The summed E-state index contributed by atoms with van der Waals surface area (Å²) in [5.74, 6) is 0.929. The van der Waals surface area contributed by atoms with Gasteiger partial charge in [0.15, 0.2) is 0 Å². The van der Waals surface area contributed by atoms with E-state index in [9.17, 15) is 4.39 Å². The Morgan fingerprint density at radius 3 is 2.63 bits per heavy atom. The monoisotopic (exact) mass is 323 g/mol. The van der Waals surface area contributed by atoms with Crippen LogP contribution in [0.15, 0.2) is 46.9 Å². The molecule has 0 fully saturated rings. The predicted molar refractivity (Wildman–Crippen MR) is 78.1 cm³/mol. The van der Waals surface area contributed by atoms with E-state index < -0.39 is 0 Å². The Bertz CT molecular complexity index is 574. The highest BCUT2D eigenvalue weighted by atomic mass is 79.9. The van der Waals surface area contributed by atoms with Gasteiger partial charge in [-0.15, -0.1) is 0 Å². The van der Waals surface area contributed by atoms with Crippen molar-refractivity contribution in [3.05, 3.63) is 58.3 Å². The van der Waals surface area contributed by atoms with Crippen LogP contribution in [0, 0.1) is 5.82 Å². The molecule has 0 aliphatic carbocycles. The molecule has 2 rings (SSSR count). The third-order valence-electron chi connectivity index (χ3n) is 2.90. The van der Waals surface area contributed by atoms with Crippen LogP contribution in [0.25, 0.3) is 0 Å². The predicted octanol–water partition coefficient (Wildman–Crippen LogP) is 4.66. The molecule has 4 heteroatoms. The lowest BCUT2D eigenvalue weighted by Crippen LogP contribution is -2.14. The number of hydrogen-bond donors (Lipinski definition) is 1. The third-order valence-corrected chi connectivity index (χ3v) is 3.40. The maximum atomic E-state index is 13.9. The van der Waals surface area contributed by atoms with Crippen molar-refractivity contribution < 1.29 is 9.13 Å². The Morgan fingerprint density at radius 1 is 1.21 bits per heavy atom. The van der Waals surface area contributed by atoms with E-state index in [-0.39, 0.29) is 11.9 Å². The van der Waals surface area contributed by atoms with Crippen LogP contribution >= 0.6 is 15.9 Å². The van der Waals surface area contributed by atoms with Crippen LogP contribution in [-0.2, 0) is 0 Å². The first kappa shape index (κ1) is 14.0. The Labute approximate surface area is 120 Å². The fourth-order valence-electron chi connectivity index (χ4n) is 1.83. The fraction of sp³-hybridized carbons (Fsp3) is 0.200. The molecule has 1 N–H and O–H groups in total. The lowest BCUT2D eigenvalue weighted by atomic mass is 10.1. The van der Waals surface area contributed by atoms with Crippen LogP contribution in [0.1, 0.15) is 18.5 Å². The van der Waals surface area contributed by atoms with Crippen LogP contribution in [0.2, 0.25) is 0 Å². The van der Waals surface area contributed by atoms with E-state index in [0.29, 0.717) is 17.1 Å². The quantitative estimate of drug-likeness (QED) is 0.883. The zero-order valence-corrected chi connectivity index (χ0v) is 12.4. The molecule has 0 amide bonds. The van der Waals surface area contributed by atoms with E-state index in [2.05, 4.69) is 21.2 Å². The van der Waals surface area contributed by atoms with Gasteiger partial charge in [-0.05, 0) is 44.3 Å². The maximum absolute atomic E-state index is 13.9. The summed E-state index contributed by atoms with van der Waals surface area (Å²) < 4.78 is 20.6. The molecule has 0 radical (unpaired) electrons. The molecule has 0 bridgehead atoms. The van der Waals surface area contributed by atoms with E-state index >= 15 is 0 Å². The first-order valence-corrected chi connectivity index (χ1v) is 6.80. The number of benzene rings is 2. The molecule has 2 aromatic rings. The van der Waals surface area contributed by atoms with Gasteiger partial charge in [0.1, 0.15) is 17.3 Å². The number of halogens is 2. The van der Waals surface area contributed by atoms with Gasteiger partial charge in [-0.2, -0.15) is 0 Å². The summed E-state index contributed by atoms with van der Waals surface area (Å²) in [5, 5.41) is 3.03. The molecule has 1 unspecified atom stereocenters. The molecular weight excluding hydrogens is 309 g/mol. The molecule has 1 atom stereocenters. The van der Waals surface area contributed by atoms with Gasteiger partial charge < -0.3 is 10.1 Å². The minimum absolute atomic E-state index is 0.122. The SMILES string of the molecule is CNC(C)c1c(F)cccc1Oc1cccc(Br)c1. The summed E-state index contributed by atoms with van der Waals surface area (Å²) in [6, 6.07) is 12.2. The highest BCUT2D eigenvalue weighted by Gasteiger charge is 2.15. The van der Waals surface area contributed by atoms with E-state index in [4.69, 9.17) is 4.74 Å². The zero-order valence-electron chi connectivity index (χ0n) is 10.8. The number of ether oxygens (including phenoxy) is 1. The summed E-state index contributed by atoms with van der Waals surface area (Å²) in [4.78, 5) is 0. The van der Waals surface area contributed by atoms with E-state index in [1.54, 1.807) is 19.2 Å². The first-order chi connectivity index (χ1) is 9.11. The zero-order chi connectivity index (χ0) is 13.8. The number of nitrogens with one attached hydrogen (secondary N) is 1. The molecule has 2 aromatic carbocycles. The van der Waals surface area contributed by atoms with Gasteiger partial charge in [0.05, 0.1) is 0 Å². The van der Waals surface area contributed by atoms with Gasteiger partial charge in [-0.3, -0.25) is 0 Å². The van der Waals surface area contributed by atoms with E-state index in [1.807, 2.05) is 31.2 Å². The van der Waals surface area contributed by atoms with Crippen molar-refractivity contribution in [2.75, 3.05) is 7.05 Å². The smallest absolute Gasteiger partial charge is 0.135 e. The topological polar surface area (TPSA) is 21.3 Å². The van der Waals surface area contributed by atoms with Crippen molar-refractivity contribution >= 4 is 15.9 Å². The number of hydrogen-bond acceptors (Lipinski definition) is 2. The second kappa shape index (κ2) is 6.17. The van der Waals surface area contributed by atoms with E-state index in [1.165, 1.54) is 6.07 Å². The van der Waals surface area contributed by atoms with Crippen LogP contribution in [0.3, 0.4) is 0 Å². The Morgan fingerprint density at radius 2 is 1.95 bits per heavy atom. The first-order valence-electron chi connectivity index (χ1n) is 6.01. The fourth-order valence-corrected chi connectivity index (χ4v) is 2.21. The molecule has 100 valence electrons. The molecule has 0 saturated carbocycles. The molecule has 0 aliphatic rings. The van der Waals surface area contributed by atoms with Crippen molar-refractivity contribution in [3.63, 3.8) is 0 Å². The summed E-state index contributed by atoms with van der Waals surface area (Å²) in [5.41, 5.74) is 0.532. The summed E-state index contributed by atoms with van der Waals surface area (Å²) in [7, 11) is 1.79. The summed E-state index contributed by atoms with van der Waals surface area (Å²) >= 11 is 3.38. The average Bonchev–Trinajstić information content (AvgIpc) is 2.38. The molecule has 0 aromatic heterocycles. The van der Waals surface area contributed by atoms with Crippen molar-refractivity contribution in [1.82, 2.24) is 5.32 Å². The standard InChI is InChI=1S/C15H15BrFNO/c1-10(18-2)15-13(17)7-4-8-14(15)19-12-6-3-5-11(16)9-12/h3-10,18H,1-2H3. The molecule has 0 spiro atoms. The minimum Gasteiger partial charge on any atom is -0.457 e. The Hall–Kier alpha value is -1.39. The van der Waals surface area contributed by atoms with Crippen molar-refractivity contribution in [2.24, 2.45) is 0 Å². The van der Waals surface area contributed by atoms with Crippen LogP contribution in [0.4, 0.5) is 4.39 Å². The van der Waals surface area contributed by atoms with E-state index in [0.717, 1.165) is 4.47 Å². The van der Waals surface area contributed by atoms with Gasteiger partial charge in [-0.1, -0.05) is 28.1 Å². The lowest BCUT2D eigenvalue weighted by Gasteiger charge is -2.17. The Kier molecular flexibility index (Phi) is 4.56. The average molecular weight is 324 g/mol. The van der Waals surface area contributed by atoms with Gasteiger partial charge in [0, 0.05) is 16.1 Å². The van der Waals surface area contributed by atoms with Crippen molar-refractivity contribution in [3.8, 4) is 11.5 Å². The van der Waals surface area contributed by atoms with Crippen molar-refractivity contribution in [1.29, 1.82) is 0 Å². The molecule has 0 heterocycles. The van der Waals surface area contributed by atoms with Gasteiger partial charge in [-0.25, -0.2) is 4.39 Å². The number of rotatable bonds is 4. The van der Waals surface area contributed by atoms with Crippen LogP contribution in [-0.4, -0.2) is 7.05 Å². The molecule has 2 nitrogen and oxygen atoms in total. The highest BCUT2D eigenvalue weighted by molar-refractivity contribution is 9.10. The normalized spacial score (nSPS) is 12.2. The van der Waals surface area contributed by atoms with Gasteiger partial charge >= 0.3 is 0 Å².